The van der Waals surface area contributed by atoms with Gasteiger partial charge in [0.15, 0.2) is 11.6 Å². The Morgan fingerprint density at radius 2 is 2.06 bits per heavy atom. The van der Waals surface area contributed by atoms with E-state index in [2.05, 4.69) is 25.5 Å². The number of oxime groups is 1. The highest BCUT2D eigenvalue weighted by molar-refractivity contribution is 6.35. The number of hydrogen-bond donors (Lipinski definition) is 1. The summed E-state index contributed by atoms with van der Waals surface area (Å²) in [5, 5.41) is 12.2. The Labute approximate surface area is 186 Å². The Balaban J connectivity index is 1.71. The minimum atomic E-state index is 0.234. The molecule has 0 unspecified atom stereocenters. The molecule has 0 radical (unpaired) electrons. The minimum Gasteiger partial charge on any atom is -0.438 e. The predicted octanol–water partition coefficient (Wildman–Crippen LogP) is 5.04. The number of halogens is 2. The molecule has 0 bridgehead atoms. The number of pyridine rings is 1. The lowest BCUT2D eigenvalue weighted by molar-refractivity contribution is -0.128. The van der Waals surface area contributed by atoms with E-state index < -0.39 is 0 Å². The number of ether oxygens (including phenoxy) is 1. The van der Waals surface area contributed by atoms with Crippen molar-refractivity contribution in [3.8, 4) is 23.0 Å². The second-order valence-electron chi connectivity index (χ2n) is 6.21. The van der Waals surface area contributed by atoms with Crippen LogP contribution in [-0.2, 0) is 9.63 Å². The van der Waals surface area contributed by atoms with Crippen molar-refractivity contribution in [3.63, 3.8) is 0 Å². The zero-order valence-electron chi connectivity index (χ0n) is 16.0. The highest BCUT2D eigenvalue weighted by atomic mass is 35.5. The lowest BCUT2D eigenvalue weighted by Crippen LogP contribution is -2.19. The third-order valence-corrected chi connectivity index (χ3v) is 4.74. The summed E-state index contributed by atoms with van der Waals surface area (Å²) in [5.74, 6) is 1.65. The fraction of sp³-hybridized carbons (Fsp3) is 0.0476. The number of rotatable bonds is 6. The summed E-state index contributed by atoms with van der Waals surface area (Å²) in [7, 11) is 1.67. The smallest absolute Gasteiger partial charge is 0.323 e. The van der Waals surface area contributed by atoms with Gasteiger partial charge in [0.25, 0.3) is 0 Å². The predicted molar refractivity (Wildman–Crippen MR) is 117 cm³/mol. The first-order chi connectivity index (χ1) is 15.1. The molecule has 2 aromatic heterocycles. The van der Waals surface area contributed by atoms with Gasteiger partial charge in [-0.3, -0.25) is 4.79 Å². The summed E-state index contributed by atoms with van der Waals surface area (Å²) >= 11 is 12.0. The minimum absolute atomic E-state index is 0.234. The molecule has 0 aliphatic rings. The summed E-state index contributed by atoms with van der Waals surface area (Å²) in [6.07, 6.45) is 1.45. The van der Waals surface area contributed by atoms with Crippen LogP contribution in [0.1, 0.15) is 5.56 Å². The number of aromatic nitrogens is 2. The van der Waals surface area contributed by atoms with Crippen LogP contribution in [-0.4, -0.2) is 29.5 Å². The van der Waals surface area contributed by atoms with Crippen LogP contribution in [0, 0.1) is 0 Å². The Morgan fingerprint density at radius 1 is 1.19 bits per heavy atom. The molecule has 2 aromatic carbocycles. The maximum absolute atomic E-state index is 10.5. The van der Waals surface area contributed by atoms with Crippen LogP contribution in [0.5, 0.6) is 11.6 Å². The van der Waals surface area contributed by atoms with Crippen molar-refractivity contribution in [2.24, 2.45) is 5.16 Å². The fourth-order valence-corrected chi connectivity index (χ4v) is 3.32. The highest BCUT2D eigenvalue weighted by Crippen LogP contribution is 2.34. The molecule has 31 heavy (non-hydrogen) atoms. The molecule has 0 aliphatic heterocycles. The number of carbonyl (C=O) groups excluding carboxylic acids is 1. The van der Waals surface area contributed by atoms with Gasteiger partial charge in [-0.05, 0) is 36.4 Å². The van der Waals surface area contributed by atoms with E-state index in [0.717, 1.165) is 10.9 Å². The molecule has 10 heteroatoms. The zero-order chi connectivity index (χ0) is 21.8. The molecule has 1 N–H and O–H groups in total. The number of carbonyl (C=O) groups is 1. The molecule has 156 valence electrons. The molecule has 0 fully saturated rings. The number of fused-ring (bicyclic) bond motifs is 1. The Kier molecular flexibility index (Phi) is 6.01. The molecular formula is C21H14Cl2N4O4. The van der Waals surface area contributed by atoms with E-state index in [1.54, 1.807) is 37.4 Å². The average molecular weight is 457 g/mol. The van der Waals surface area contributed by atoms with Gasteiger partial charge in [-0.1, -0.05) is 45.6 Å². The Hall–Kier alpha value is -3.62. The summed E-state index contributed by atoms with van der Waals surface area (Å²) in [5.41, 5.74) is 2.07. The fourth-order valence-electron chi connectivity index (χ4n) is 2.90. The van der Waals surface area contributed by atoms with Gasteiger partial charge in [0.1, 0.15) is 16.3 Å². The van der Waals surface area contributed by atoms with Gasteiger partial charge in [-0.15, -0.1) is 0 Å². The van der Waals surface area contributed by atoms with E-state index in [-0.39, 0.29) is 12.4 Å². The van der Waals surface area contributed by atoms with Gasteiger partial charge in [-0.2, -0.15) is 0 Å². The van der Waals surface area contributed by atoms with Crippen LogP contribution in [0.15, 0.2) is 64.4 Å². The highest BCUT2D eigenvalue weighted by Gasteiger charge is 2.15. The third kappa shape index (κ3) is 4.45. The number of benzene rings is 2. The summed E-state index contributed by atoms with van der Waals surface area (Å²) < 4.78 is 11.4. The van der Waals surface area contributed by atoms with Gasteiger partial charge >= 0.3 is 6.47 Å². The standard InChI is InChI=1S/C21H14Cl2N4O4/c1-24-20(27-29-11-28)13-5-6-18-16(8-13)19(31-26-18)12-3-2-4-15(7-12)30-21-17(23)9-14(22)10-25-21/h2-11H,1H3,(H,24,27). The summed E-state index contributed by atoms with van der Waals surface area (Å²) in [6.45, 7) is 0.244. The van der Waals surface area contributed by atoms with Crippen LogP contribution >= 0.6 is 23.2 Å². The van der Waals surface area contributed by atoms with Crippen LogP contribution in [0.4, 0.5) is 0 Å². The Morgan fingerprint density at radius 3 is 2.84 bits per heavy atom. The largest absolute Gasteiger partial charge is 0.438 e. The quantitative estimate of drug-likeness (QED) is 0.142. The maximum atomic E-state index is 10.5. The van der Waals surface area contributed by atoms with E-state index in [1.165, 1.54) is 6.20 Å². The van der Waals surface area contributed by atoms with E-state index in [9.17, 15) is 4.79 Å². The molecular weight excluding hydrogens is 443 g/mol. The molecule has 2 heterocycles. The van der Waals surface area contributed by atoms with Crippen molar-refractivity contribution in [2.75, 3.05) is 7.05 Å². The monoisotopic (exact) mass is 456 g/mol. The van der Waals surface area contributed by atoms with Crippen LogP contribution in [0.25, 0.3) is 22.2 Å². The maximum Gasteiger partial charge on any atom is 0.323 e. The normalized spacial score (nSPS) is 11.4. The van der Waals surface area contributed by atoms with Crippen molar-refractivity contribution in [1.29, 1.82) is 0 Å². The summed E-state index contributed by atoms with van der Waals surface area (Å²) in [4.78, 5) is 19.1. The van der Waals surface area contributed by atoms with Crippen LogP contribution in [0.2, 0.25) is 10.0 Å². The number of amidine groups is 1. The molecule has 0 saturated heterocycles. The first kappa shape index (κ1) is 20.6. The molecule has 0 amide bonds. The average Bonchev–Trinajstić information content (AvgIpc) is 3.20. The zero-order valence-corrected chi connectivity index (χ0v) is 17.5. The van der Waals surface area contributed by atoms with E-state index >= 15 is 0 Å². The van der Waals surface area contributed by atoms with Crippen molar-refractivity contribution >= 4 is 46.4 Å². The van der Waals surface area contributed by atoms with E-state index in [4.69, 9.17) is 32.5 Å². The molecule has 0 spiro atoms. The van der Waals surface area contributed by atoms with E-state index in [1.807, 2.05) is 18.2 Å². The topological polar surface area (TPSA) is 98.8 Å². The first-order valence-corrected chi connectivity index (χ1v) is 9.69. The second kappa shape index (κ2) is 9.03. The van der Waals surface area contributed by atoms with E-state index in [0.29, 0.717) is 38.5 Å². The molecule has 0 atom stereocenters. The SMILES string of the molecule is CN/C(=N\OC=O)c1ccc2noc(-c3cccc(Oc4ncc(Cl)cc4Cl)c3)c2c1. The number of hydrogen-bond acceptors (Lipinski definition) is 7. The summed E-state index contributed by atoms with van der Waals surface area (Å²) in [6, 6.07) is 14.2. The van der Waals surface area contributed by atoms with Crippen LogP contribution < -0.4 is 10.1 Å². The lowest BCUT2D eigenvalue weighted by Gasteiger charge is -2.08. The molecule has 0 saturated carbocycles. The number of nitrogens with zero attached hydrogens (tertiary/aromatic N) is 3. The van der Waals surface area contributed by atoms with Gasteiger partial charge in [0.05, 0.1) is 10.4 Å². The van der Waals surface area contributed by atoms with Crippen LogP contribution in [0.3, 0.4) is 0 Å². The van der Waals surface area contributed by atoms with Crippen molar-refractivity contribution in [3.05, 3.63) is 70.3 Å². The molecule has 8 nitrogen and oxygen atoms in total. The van der Waals surface area contributed by atoms with Gasteiger partial charge in [-0.25, -0.2) is 4.98 Å². The second-order valence-corrected chi connectivity index (χ2v) is 7.05. The van der Waals surface area contributed by atoms with Gasteiger partial charge in [0, 0.05) is 24.4 Å². The van der Waals surface area contributed by atoms with Crippen molar-refractivity contribution in [2.45, 2.75) is 0 Å². The van der Waals surface area contributed by atoms with Crippen molar-refractivity contribution in [1.82, 2.24) is 15.5 Å². The molecule has 4 rings (SSSR count). The lowest BCUT2D eigenvalue weighted by atomic mass is 10.1. The Bertz CT molecular complexity index is 1290. The number of nitrogens with one attached hydrogen (secondary N) is 1. The van der Waals surface area contributed by atoms with Gasteiger partial charge < -0.3 is 19.4 Å². The molecule has 0 aliphatic carbocycles. The molecule has 4 aromatic rings. The van der Waals surface area contributed by atoms with Gasteiger partial charge in [0.2, 0.25) is 5.88 Å². The van der Waals surface area contributed by atoms with Crippen molar-refractivity contribution < 1.29 is 18.9 Å². The third-order valence-electron chi connectivity index (χ3n) is 4.26. The first-order valence-electron chi connectivity index (χ1n) is 8.93.